The molecule has 182 valence electrons. The number of carbonyl (C=O) groups excluding carboxylic acids is 1. The van der Waals surface area contributed by atoms with E-state index in [9.17, 15) is 18.0 Å². The molecule has 1 fully saturated rings. The largest absolute Gasteiger partial charge is 0.573 e. The minimum atomic E-state index is -4.79. The van der Waals surface area contributed by atoms with Crippen molar-refractivity contribution in [2.24, 2.45) is 0 Å². The average molecular weight is 490 g/mol. The van der Waals surface area contributed by atoms with Gasteiger partial charge < -0.3 is 10.1 Å². The number of carbonyl (C=O) groups is 1. The number of nitrogens with zero attached hydrogens (tertiary/aromatic N) is 3. The zero-order valence-electron chi connectivity index (χ0n) is 19.0. The molecule has 0 bridgehead atoms. The highest BCUT2D eigenvalue weighted by molar-refractivity contribution is 5.94. The van der Waals surface area contributed by atoms with Crippen molar-refractivity contribution in [1.82, 2.24) is 10.2 Å². The van der Waals surface area contributed by atoms with E-state index in [1.54, 1.807) is 24.3 Å². The van der Waals surface area contributed by atoms with E-state index in [4.69, 9.17) is 10.5 Å². The fourth-order valence-corrected chi connectivity index (χ4v) is 4.31. The third kappa shape index (κ3) is 6.01. The number of alkyl halides is 3. The molecule has 0 radical (unpaired) electrons. The molecule has 1 atom stereocenters. The Morgan fingerprint density at radius 3 is 1.92 bits per heavy atom. The molecule has 0 spiro atoms. The molecule has 1 aliphatic heterocycles. The predicted molar refractivity (Wildman–Crippen MR) is 125 cm³/mol. The second-order valence-electron chi connectivity index (χ2n) is 8.40. The lowest BCUT2D eigenvalue weighted by Crippen LogP contribution is -2.38. The van der Waals surface area contributed by atoms with Crippen LogP contribution in [-0.4, -0.2) is 36.3 Å². The monoisotopic (exact) mass is 490 g/mol. The maximum Gasteiger partial charge on any atom is 0.573 e. The normalized spacial score (nSPS) is 15.8. The van der Waals surface area contributed by atoms with Gasteiger partial charge in [-0.2, -0.15) is 10.5 Å². The van der Waals surface area contributed by atoms with E-state index in [0.717, 1.165) is 23.3 Å². The summed E-state index contributed by atoms with van der Waals surface area (Å²) in [4.78, 5) is 14.9. The van der Waals surface area contributed by atoms with Gasteiger partial charge in [0.25, 0.3) is 5.91 Å². The molecular formula is C27H21F3N4O2. The number of nitriles is 2. The maximum absolute atomic E-state index is 12.7. The summed E-state index contributed by atoms with van der Waals surface area (Å²) in [5.74, 6) is -0.771. The molecule has 0 saturated carbocycles. The van der Waals surface area contributed by atoms with Crippen molar-refractivity contribution in [1.29, 1.82) is 10.5 Å². The van der Waals surface area contributed by atoms with E-state index in [1.165, 1.54) is 12.1 Å². The number of benzene rings is 3. The fraction of sp³-hybridized carbons (Fsp3) is 0.222. The summed E-state index contributed by atoms with van der Waals surface area (Å²) in [6.07, 6.45) is -4.11. The first-order chi connectivity index (χ1) is 17.3. The van der Waals surface area contributed by atoms with Crippen molar-refractivity contribution in [3.05, 3.63) is 101 Å². The van der Waals surface area contributed by atoms with Crippen LogP contribution < -0.4 is 10.1 Å². The van der Waals surface area contributed by atoms with Crippen LogP contribution in [0.25, 0.3) is 0 Å². The van der Waals surface area contributed by atoms with Crippen LogP contribution in [0.2, 0.25) is 0 Å². The number of hydrogen-bond donors (Lipinski definition) is 1. The molecule has 4 rings (SSSR count). The lowest BCUT2D eigenvalue weighted by molar-refractivity contribution is -0.274. The van der Waals surface area contributed by atoms with E-state index in [0.29, 0.717) is 30.6 Å². The Bertz CT molecular complexity index is 1230. The molecule has 36 heavy (non-hydrogen) atoms. The third-order valence-corrected chi connectivity index (χ3v) is 5.98. The molecule has 0 aliphatic carbocycles. The summed E-state index contributed by atoms with van der Waals surface area (Å²) in [7, 11) is 0. The van der Waals surface area contributed by atoms with Crippen LogP contribution in [-0.2, 0) is 0 Å². The van der Waals surface area contributed by atoms with Gasteiger partial charge in [0.15, 0.2) is 0 Å². The summed E-state index contributed by atoms with van der Waals surface area (Å²) in [5.41, 5.74) is 3.29. The Kier molecular flexibility index (Phi) is 7.23. The first-order valence-electron chi connectivity index (χ1n) is 11.2. The highest BCUT2D eigenvalue weighted by atomic mass is 19.4. The van der Waals surface area contributed by atoms with Gasteiger partial charge in [0.2, 0.25) is 0 Å². The highest BCUT2D eigenvalue weighted by Crippen LogP contribution is 2.32. The van der Waals surface area contributed by atoms with Gasteiger partial charge in [0, 0.05) is 24.7 Å². The van der Waals surface area contributed by atoms with Gasteiger partial charge >= 0.3 is 6.36 Å². The second-order valence-corrected chi connectivity index (χ2v) is 8.40. The minimum Gasteiger partial charge on any atom is -0.406 e. The topological polar surface area (TPSA) is 89.2 Å². The third-order valence-electron chi connectivity index (χ3n) is 5.98. The fourth-order valence-electron chi connectivity index (χ4n) is 4.31. The first-order valence-corrected chi connectivity index (χ1v) is 11.2. The van der Waals surface area contributed by atoms with Crippen molar-refractivity contribution < 1.29 is 22.7 Å². The molecule has 1 heterocycles. The van der Waals surface area contributed by atoms with Crippen molar-refractivity contribution in [2.45, 2.75) is 24.9 Å². The average Bonchev–Trinajstić information content (AvgIpc) is 3.32. The SMILES string of the molecule is N#Cc1ccc(C(c2ccc(C#N)cc2)N2CCC(NC(=O)c3ccc(OC(F)(F)F)cc3)C2)cc1. The molecule has 0 aromatic heterocycles. The van der Waals surface area contributed by atoms with Gasteiger partial charge in [0.05, 0.1) is 29.3 Å². The zero-order valence-corrected chi connectivity index (χ0v) is 19.0. The molecule has 3 aromatic rings. The van der Waals surface area contributed by atoms with Gasteiger partial charge in [-0.15, -0.1) is 13.2 Å². The molecule has 3 aromatic carbocycles. The lowest BCUT2D eigenvalue weighted by atomic mass is 9.95. The molecular weight excluding hydrogens is 469 g/mol. The van der Waals surface area contributed by atoms with Crippen molar-refractivity contribution in [3.8, 4) is 17.9 Å². The smallest absolute Gasteiger partial charge is 0.406 e. The van der Waals surface area contributed by atoms with Crippen molar-refractivity contribution in [3.63, 3.8) is 0 Å². The van der Waals surface area contributed by atoms with Gasteiger partial charge in [0.1, 0.15) is 5.75 Å². The molecule has 1 amide bonds. The Hall–Kier alpha value is -4.34. The van der Waals surface area contributed by atoms with Gasteiger partial charge in [-0.05, 0) is 66.1 Å². The van der Waals surface area contributed by atoms with Crippen LogP contribution in [0.1, 0.15) is 45.1 Å². The minimum absolute atomic E-state index is 0.147. The molecule has 9 heteroatoms. The number of nitrogens with one attached hydrogen (secondary N) is 1. The van der Waals surface area contributed by atoms with Crippen molar-refractivity contribution >= 4 is 5.91 Å². The van der Waals surface area contributed by atoms with Crippen LogP contribution in [0.3, 0.4) is 0 Å². The zero-order chi connectivity index (χ0) is 25.7. The van der Waals surface area contributed by atoms with E-state index >= 15 is 0 Å². The van der Waals surface area contributed by atoms with Crippen LogP contribution in [0.4, 0.5) is 13.2 Å². The number of halogens is 3. The maximum atomic E-state index is 12.7. The molecule has 1 unspecified atom stereocenters. The van der Waals surface area contributed by atoms with Gasteiger partial charge in [-0.25, -0.2) is 0 Å². The summed E-state index contributed by atoms with van der Waals surface area (Å²) >= 11 is 0. The first kappa shape index (κ1) is 24.8. The molecule has 1 N–H and O–H groups in total. The summed E-state index contributed by atoms with van der Waals surface area (Å²) < 4.78 is 40.9. The Morgan fingerprint density at radius 2 is 1.44 bits per heavy atom. The predicted octanol–water partition coefficient (Wildman–Crippen LogP) is 4.92. The second kappa shape index (κ2) is 10.5. The number of amides is 1. The van der Waals surface area contributed by atoms with E-state index < -0.39 is 12.1 Å². The standard InChI is InChI=1S/C27H21F3N4O2/c28-27(29,30)36-24-11-9-22(10-12-24)26(35)33-23-13-14-34(17-23)25(20-5-1-18(15-31)2-6-20)21-7-3-19(16-32)4-8-21/h1-12,23,25H,13-14,17H2,(H,33,35). The summed E-state index contributed by atoms with van der Waals surface area (Å²) in [5, 5.41) is 21.2. The number of rotatable bonds is 6. The van der Waals surface area contributed by atoms with Gasteiger partial charge in [-0.1, -0.05) is 24.3 Å². The quantitative estimate of drug-likeness (QED) is 0.530. The van der Waals surface area contributed by atoms with Gasteiger partial charge in [-0.3, -0.25) is 9.69 Å². The van der Waals surface area contributed by atoms with E-state index in [-0.39, 0.29) is 23.6 Å². The molecule has 1 aliphatic rings. The Labute approximate surface area is 206 Å². The van der Waals surface area contributed by atoms with E-state index in [1.807, 2.05) is 24.3 Å². The number of likely N-dealkylation sites (tertiary alicyclic amines) is 1. The Morgan fingerprint density at radius 1 is 0.917 bits per heavy atom. The molecule has 6 nitrogen and oxygen atoms in total. The van der Waals surface area contributed by atoms with Crippen LogP contribution in [0.5, 0.6) is 5.75 Å². The van der Waals surface area contributed by atoms with Crippen LogP contribution in [0, 0.1) is 22.7 Å². The van der Waals surface area contributed by atoms with Crippen LogP contribution in [0.15, 0.2) is 72.8 Å². The molecule has 1 saturated heterocycles. The number of ether oxygens (including phenoxy) is 1. The Balaban J connectivity index is 1.48. The number of hydrogen-bond acceptors (Lipinski definition) is 5. The lowest BCUT2D eigenvalue weighted by Gasteiger charge is -2.29. The van der Waals surface area contributed by atoms with Crippen molar-refractivity contribution in [2.75, 3.05) is 13.1 Å². The highest BCUT2D eigenvalue weighted by Gasteiger charge is 2.32. The van der Waals surface area contributed by atoms with Crippen LogP contribution >= 0.6 is 0 Å². The summed E-state index contributed by atoms with van der Waals surface area (Å²) in [6.45, 7) is 1.24. The van der Waals surface area contributed by atoms with E-state index in [2.05, 4.69) is 27.1 Å². The summed E-state index contributed by atoms with van der Waals surface area (Å²) in [6, 6.07) is 23.3.